The van der Waals surface area contributed by atoms with E-state index in [4.69, 9.17) is 5.73 Å². The summed E-state index contributed by atoms with van der Waals surface area (Å²) in [5, 5.41) is 9.27. The lowest BCUT2D eigenvalue weighted by atomic mass is 10.1. The number of rotatable bonds is 3. The molecule has 15 heavy (non-hydrogen) atoms. The van der Waals surface area contributed by atoms with Crippen LogP contribution in [0.2, 0.25) is 0 Å². The number of aliphatic hydroxyl groups excluding tert-OH is 1. The first-order chi connectivity index (χ1) is 7.26. The molecule has 0 radical (unpaired) electrons. The number of likely N-dealkylation sites (N-methyl/N-ethyl adjacent to an activating group) is 1. The lowest BCUT2D eigenvalue weighted by Crippen LogP contribution is -2.47. The van der Waals surface area contributed by atoms with Gasteiger partial charge in [-0.05, 0) is 26.3 Å². The molecule has 0 amide bonds. The number of hydrogen-bond donors (Lipinski definition) is 2. The molecule has 0 aliphatic carbocycles. The van der Waals surface area contributed by atoms with Gasteiger partial charge in [-0.25, -0.2) is 0 Å². The highest BCUT2D eigenvalue weighted by molar-refractivity contribution is 4.92. The molecule has 4 nitrogen and oxygen atoms in total. The maximum atomic E-state index is 9.27. The molecule has 3 atom stereocenters. The van der Waals surface area contributed by atoms with E-state index >= 15 is 0 Å². The van der Waals surface area contributed by atoms with Crippen LogP contribution >= 0.6 is 0 Å². The van der Waals surface area contributed by atoms with E-state index in [0.29, 0.717) is 12.6 Å². The van der Waals surface area contributed by atoms with Crippen molar-refractivity contribution < 1.29 is 5.11 Å². The summed E-state index contributed by atoms with van der Waals surface area (Å²) >= 11 is 0. The fourth-order valence-corrected chi connectivity index (χ4v) is 3.01. The van der Waals surface area contributed by atoms with E-state index < -0.39 is 0 Å². The highest BCUT2D eigenvalue weighted by atomic mass is 16.3. The highest BCUT2D eigenvalue weighted by Gasteiger charge is 2.35. The van der Waals surface area contributed by atoms with Crippen LogP contribution in [0.3, 0.4) is 0 Å². The van der Waals surface area contributed by atoms with Crippen molar-refractivity contribution in [1.82, 2.24) is 9.80 Å². The number of nitrogens with two attached hydrogens (primary N) is 1. The Labute approximate surface area is 92.0 Å². The monoisotopic (exact) mass is 213 g/mol. The first kappa shape index (κ1) is 11.3. The molecule has 0 spiro atoms. The van der Waals surface area contributed by atoms with Crippen molar-refractivity contribution in [3.63, 3.8) is 0 Å². The Bertz CT molecular complexity index is 208. The van der Waals surface area contributed by atoms with Crippen molar-refractivity contribution >= 4 is 0 Å². The van der Waals surface area contributed by atoms with Gasteiger partial charge in [-0.2, -0.15) is 0 Å². The third-order valence-electron chi connectivity index (χ3n) is 4.18. The third-order valence-corrected chi connectivity index (χ3v) is 4.18. The van der Waals surface area contributed by atoms with Crippen LogP contribution in [0, 0.1) is 0 Å². The minimum Gasteiger partial charge on any atom is -0.395 e. The first-order valence-electron chi connectivity index (χ1n) is 6.03. The van der Waals surface area contributed by atoms with Crippen LogP contribution < -0.4 is 5.73 Å². The Morgan fingerprint density at radius 1 is 1.33 bits per heavy atom. The molecular weight excluding hydrogens is 190 g/mol. The highest BCUT2D eigenvalue weighted by Crippen LogP contribution is 2.28. The van der Waals surface area contributed by atoms with Crippen molar-refractivity contribution in [2.45, 2.75) is 37.4 Å². The second-order valence-electron chi connectivity index (χ2n) is 4.91. The first-order valence-corrected chi connectivity index (χ1v) is 6.03. The van der Waals surface area contributed by atoms with Gasteiger partial charge < -0.3 is 10.8 Å². The maximum Gasteiger partial charge on any atom is 0.0599 e. The molecule has 3 N–H and O–H groups in total. The molecule has 0 saturated carbocycles. The summed E-state index contributed by atoms with van der Waals surface area (Å²) in [7, 11) is 2.24. The van der Waals surface area contributed by atoms with Crippen LogP contribution in [-0.4, -0.2) is 66.3 Å². The van der Waals surface area contributed by atoms with Gasteiger partial charge in [0.1, 0.15) is 0 Å². The Balaban J connectivity index is 1.99. The molecule has 0 aromatic heterocycles. The van der Waals surface area contributed by atoms with Crippen molar-refractivity contribution in [3.8, 4) is 0 Å². The molecule has 4 heteroatoms. The number of hydrogen-bond acceptors (Lipinski definition) is 4. The molecule has 0 aromatic carbocycles. The minimum absolute atomic E-state index is 0.165. The van der Waals surface area contributed by atoms with Crippen LogP contribution in [-0.2, 0) is 0 Å². The average Bonchev–Trinajstić information content (AvgIpc) is 2.46. The van der Waals surface area contributed by atoms with E-state index in [-0.39, 0.29) is 12.6 Å². The summed E-state index contributed by atoms with van der Waals surface area (Å²) < 4.78 is 0. The molecule has 3 unspecified atom stereocenters. The van der Waals surface area contributed by atoms with Gasteiger partial charge in [-0.3, -0.25) is 9.80 Å². The van der Waals surface area contributed by atoms with Gasteiger partial charge >= 0.3 is 0 Å². The predicted molar refractivity (Wildman–Crippen MR) is 60.7 cm³/mol. The Morgan fingerprint density at radius 3 is 2.73 bits per heavy atom. The molecule has 0 aromatic rings. The summed E-state index contributed by atoms with van der Waals surface area (Å²) in [5.41, 5.74) is 5.68. The summed E-state index contributed by atoms with van der Waals surface area (Å²) in [5.74, 6) is 0. The van der Waals surface area contributed by atoms with Gasteiger partial charge in [-0.15, -0.1) is 0 Å². The average molecular weight is 213 g/mol. The smallest absolute Gasteiger partial charge is 0.0599 e. The lowest BCUT2D eigenvalue weighted by Gasteiger charge is -2.31. The normalized spacial score (nSPS) is 35.4. The van der Waals surface area contributed by atoms with Crippen LogP contribution in [0.25, 0.3) is 0 Å². The SMILES string of the molecule is CN1C2CCC1CN(C(CN)CO)CC2. The number of nitrogens with zero attached hydrogens (tertiary/aromatic N) is 2. The fourth-order valence-electron chi connectivity index (χ4n) is 3.01. The number of likely N-dealkylation sites (tertiary alicyclic amines) is 1. The van der Waals surface area contributed by atoms with E-state index in [1.165, 1.54) is 19.3 Å². The molecular formula is C11H23N3O. The van der Waals surface area contributed by atoms with Crippen LogP contribution in [0.5, 0.6) is 0 Å². The Kier molecular flexibility index (Phi) is 3.61. The predicted octanol–water partition coefficient (Wildman–Crippen LogP) is -0.525. The quantitative estimate of drug-likeness (QED) is 0.662. The van der Waals surface area contributed by atoms with Gasteiger partial charge in [0.25, 0.3) is 0 Å². The van der Waals surface area contributed by atoms with Crippen molar-refractivity contribution in [3.05, 3.63) is 0 Å². The van der Waals surface area contributed by atoms with E-state index in [2.05, 4.69) is 16.8 Å². The molecule has 2 rings (SSSR count). The van der Waals surface area contributed by atoms with Crippen LogP contribution in [0.4, 0.5) is 0 Å². The Morgan fingerprint density at radius 2 is 2.07 bits per heavy atom. The molecule has 2 bridgehead atoms. The molecule has 2 fully saturated rings. The van der Waals surface area contributed by atoms with Crippen molar-refractivity contribution in [2.24, 2.45) is 5.73 Å². The number of aliphatic hydroxyl groups is 1. The topological polar surface area (TPSA) is 52.7 Å². The molecule has 2 aliphatic heterocycles. The Hall–Kier alpha value is -0.160. The second kappa shape index (κ2) is 4.78. The van der Waals surface area contributed by atoms with Crippen LogP contribution in [0.1, 0.15) is 19.3 Å². The van der Waals surface area contributed by atoms with Gasteiger partial charge in [0.2, 0.25) is 0 Å². The zero-order valence-electron chi connectivity index (χ0n) is 9.60. The second-order valence-corrected chi connectivity index (χ2v) is 4.91. The zero-order chi connectivity index (χ0) is 10.8. The lowest BCUT2D eigenvalue weighted by molar-refractivity contribution is 0.117. The molecule has 2 saturated heterocycles. The van der Waals surface area contributed by atoms with Gasteiger partial charge in [0.15, 0.2) is 0 Å². The summed E-state index contributed by atoms with van der Waals surface area (Å²) in [6, 6.07) is 1.60. The summed E-state index contributed by atoms with van der Waals surface area (Å²) in [6.45, 7) is 2.93. The minimum atomic E-state index is 0.165. The molecule has 88 valence electrons. The fraction of sp³-hybridized carbons (Fsp3) is 1.00. The van der Waals surface area contributed by atoms with Gasteiger partial charge in [-0.1, -0.05) is 0 Å². The molecule has 2 heterocycles. The molecule has 2 aliphatic rings. The van der Waals surface area contributed by atoms with Crippen LogP contribution in [0.15, 0.2) is 0 Å². The standard InChI is InChI=1S/C11H23N3O/c1-13-9-2-3-10(13)7-14(5-4-9)11(6-12)8-15/h9-11,15H,2-8,12H2,1H3. The van der Waals surface area contributed by atoms with Crippen molar-refractivity contribution in [2.75, 3.05) is 33.3 Å². The van der Waals surface area contributed by atoms with E-state index in [1.54, 1.807) is 0 Å². The maximum absolute atomic E-state index is 9.27. The number of fused-ring (bicyclic) bond motifs is 2. The van der Waals surface area contributed by atoms with Gasteiger partial charge in [0.05, 0.1) is 6.61 Å². The van der Waals surface area contributed by atoms with Crippen molar-refractivity contribution in [1.29, 1.82) is 0 Å². The van der Waals surface area contributed by atoms with E-state index in [9.17, 15) is 5.11 Å². The summed E-state index contributed by atoms with van der Waals surface area (Å²) in [4.78, 5) is 4.89. The van der Waals surface area contributed by atoms with E-state index in [0.717, 1.165) is 19.1 Å². The third kappa shape index (κ3) is 2.18. The van der Waals surface area contributed by atoms with Gasteiger partial charge in [0, 0.05) is 37.8 Å². The summed E-state index contributed by atoms with van der Waals surface area (Å²) in [6.07, 6.45) is 3.88. The zero-order valence-corrected chi connectivity index (χ0v) is 9.60. The largest absolute Gasteiger partial charge is 0.395 e. The van der Waals surface area contributed by atoms with E-state index in [1.807, 2.05) is 0 Å².